The van der Waals surface area contributed by atoms with E-state index in [1.54, 1.807) is 0 Å². The highest BCUT2D eigenvalue weighted by Crippen LogP contribution is 2.22. The number of hydrogen-bond acceptors (Lipinski definition) is 2. The van der Waals surface area contributed by atoms with Crippen LogP contribution < -0.4 is 0 Å². The lowest BCUT2D eigenvalue weighted by Gasteiger charge is -2.19. The fourth-order valence-corrected chi connectivity index (χ4v) is 1.90. The number of aryl methyl sites for hydroxylation is 2. The zero-order valence-corrected chi connectivity index (χ0v) is 11.4. The van der Waals surface area contributed by atoms with Crippen LogP contribution in [0.25, 0.3) is 0 Å². The molecule has 2 heteroatoms. The molecule has 0 N–H and O–H groups in total. The Balaban J connectivity index is 2.06. The molecule has 0 saturated carbocycles. The molecule has 2 heterocycles. The fraction of sp³-hybridized carbons (Fsp3) is 0.375. The Morgan fingerprint density at radius 1 is 0.944 bits per heavy atom. The van der Waals surface area contributed by atoms with Gasteiger partial charge in [-0.2, -0.15) is 0 Å². The molecule has 2 nitrogen and oxygen atoms in total. The first-order valence-electron chi connectivity index (χ1n) is 6.40. The van der Waals surface area contributed by atoms with Crippen LogP contribution >= 0.6 is 0 Å². The van der Waals surface area contributed by atoms with Gasteiger partial charge in [-0.3, -0.25) is 9.97 Å². The highest BCUT2D eigenvalue weighted by atomic mass is 14.7. The van der Waals surface area contributed by atoms with E-state index in [-0.39, 0.29) is 5.41 Å². The second kappa shape index (κ2) is 5.30. The van der Waals surface area contributed by atoms with Gasteiger partial charge in [-0.25, -0.2) is 0 Å². The molecular weight excluding hydrogens is 220 g/mol. The minimum Gasteiger partial charge on any atom is -0.265 e. The minimum absolute atomic E-state index is 0.189. The number of aromatic nitrogens is 2. The molecule has 0 spiro atoms. The average molecular weight is 240 g/mol. The van der Waals surface area contributed by atoms with Crippen LogP contribution in [0.4, 0.5) is 0 Å². The Morgan fingerprint density at radius 3 is 2.33 bits per heavy atom. The van der Waals surface area contributed by atoms with Crippen molar-refractivity contribution in [2.45, 2.75) is 39.0 Å². The van der Waals surface area contributed by atoms with Gasteiger partial charge in [-0.05, 0) is 53.6 Å². The molecule has 0 aliphatic rings. The quantitative estimate of drug-likeness (QED) is 0.819. The molecule has 2 aromatic rings. The van der Waals surface area contributed by atoms with E-state index in [1.807, 2.05) is 18.6 Å². The lowest BCUT2D eigenvalue weighted by atomic mass is 9.87. The standard InChI is InChI=1S/C16H20N2/c1-16(2,3)14-8-11-18-15(12-14)5-4-13-6-9-17-10-7-13/h6-12H,4-5H2,1-3H3. The first-order valence-corrected chi connectivity index (χ1v) is 6.40. The molecule has 0 unspecified atom stereocenters. The van der Waals surface area contributed by atoms with Crippen molar-refractivity contribution >= 4 is 0 Å². The van der Waals surface area contributed by atoms with Crippen molar-refractivity contribution in [2.75, 3.05) is 0 Å². The summed E-state index contributed by atoms with van der Waals surface area (Å²) in [5, 5.41) is 0. The molecule has 0 atom stereocenters. The van der Waals surface area contributed by atoms with Gasteiger partial charge >= 0.3 is 0 Å². The summed E-state index contributed by atoms with van der Waals surface area (Å²) in [7, 11) is 0. The SMILES string of the molecule is CC(C)(C)c1ccnc(CCc2ccncc2)c1. The van der Waals surface area contributed by atoms with E-state index in [1.165, 1.54) is 16.8 Å². The predicted molar refractivity (Wildman–Crippen MR) is 74.6 cm³/mol. The smallest absolute Gasteiger partial charge is 0.0409 e. The van der Waals surface area contributed by atoms with E-state index in [2.05, 4.69) is 55.0 Å². The third-order valence-electron chi connectivity index (χ3n) is 3.10. The Labute approximate surface area is 109 Å². The number of pyridine rings is 2. The van der Waals surface area contributed by atoms with Crippen LogP contribution in [0.5, 0.6) is 0 Å². The van der Waals surface area contributed by atoms with Gasteiger partial charge in [0.2, 0.25) is 0 Å². The van der Waals surface area contributed by atoms with Crippen molar-refractivity contribution in [3.05, 3.63) is 59.7 Å². The van der Waals surface area contributed by atoms with Crippen molar-refractivity contribution in [1.29, 1.82) is 0 Å². The van der Waals surface area contributed by atoms with Crippen molar-refractivity contribution in [1.82, 2.24) is 9.97 Å². The van der Waals surface area contributed by atoms with Gasteiger partial charge in [0.1, 0.15) is 0 Å². The lowest BCUT2D eigenvalue weighted by Crippen LogP contribution is -2.12. The highest BCUT2D eigenvalue weighted by molar-refractivity contribution is 5.24. The monoisotopic (exact) mass is 240 g/mol. The average Bonchev–Trinajstić information content (AvgIpc) is 2.37. The number of hydrogen-bond donors (Lipinski definition) is 0. The van der Waals surface area contributed by atoms with E-state index < -0.39 is 0 Å². The Kier molecular flexibility index (Phi) is 3.75. The highest BCUT2D eigenvalue weighted by Gasteiger charge is 2.13. The van der Waals surface area contributed by atoms with E-state index in [4.69, 9.17) is 0 Å². The Hall–Kier alpha value is -1.70. The first-order chi connectivity index (χ1) is 8.55. The van der Waals surface area contributed by atoms with Gasteiger partial charge in [0.05, 0.1) is 0 Å². The van der Waals surface area contributed by atoms with Crippen LogP contribution in [0.15, 0.2) is 42.9 Å². The van der Waals surface area contributed by atoms with E-state index in [0.29, 0.717) is 0 Å². The maximum Gasteiger partial charge on any atom is 0.0409 e. The summed E-state index contributed by atoms with van der Waals surface area (Å²) < 4.78 is 0. The third kappa shape index (κ3) is 3.39. The van der Waals surface area contributed by atoms with Gasteiger partial charge in [-0.1, -0.05) is 20.8 Å². The second-order valence-corrected chi connectivity index (χ2v) is 5.64. The van der Waals surface area contributed by atoms with Crippen LogP contribution in [-0.4, -0.2) is 9.97 Å². The molecule has 0 aliphatic carbocycles. The van der Waals surface area contributed by atoms with E-state index in [9.17, 15) is 0 Å². The fourth-order valence-electron chi connectivity index (χ4n) is 1.90. The number of nitrogens with zero attached hydrogens (tertiary/aromatic N) is 2. The van der Waals surface area contributed by atoms with Gasteiger partial charge in [-0.15, -0.1) is 0 Å². The van der Waals surface area contributed by atoms with Crippen molar-refractivity contribution in [2.24, 2.45) is 0 Å². The summed E-state index contributed by atoms with van der Waals surface area (Å²) in [6.07, 6.45) is 7.60. The summed E-state index contributed by atoms with van der Waals surface area (Å²) in [4.78, 5) is 8.48. The second-order valence-electron chi connectivity index (χ2n) is 5.64. The molecule has 0 amide bonds. The lowest BCUT2D eigenvalue weighted by molar-refractivity contribution is 0.587. The predicted octanol–water partition coefficient (Wildman–Crippen LogP) is 3.56. The molecule has 2 aromatic heterocycles. The van der Waals surface area contributed by atoms with Crippen LogP contribution in [0.1, 0.15) is 37.6 Å². The molecule has 94 valence electrons. The molecule has 0 fully saturated rings. The molecule has 0 radical (unpaired) electrons. The Morgan fingerprint density at radius 2 is 1.67 bits per heavy atom. The molecule has 0 aromatic carbocycles. The maximum absolute atomic E-state index is 4.45. The molecule has 0 saturated heterocycles. The summed E-state index contributed by atoms with van der Waals surface area (Å²) >= 11 is 0. The minimum atomic E-state index is 0.189. The molecule has 2 rings (SSSR count). The summed E-state index contributed by atoms with van der Waals surface area (Å²) in [6, 6.07) is 8.46. The molecular formula is C16H20N2. The van der Waals surface area contributed by atoms with Crippen molar-refractivity contribution < 1.29 is 0 Å². The van der Waals surface area contributed by atoms with Crippen LogP contribution in [0, 0.1) is 0 Å². The zero-order valence-electron chi connectivity index (χ0n) is 11.4. The topological polar surface area (TPSA) is 25.8 Å². The summed E-state index contributed by atoms with van der Waals surface area (Å²) in [5.41, 5.74) is 4.02. The third-order valence-corrected chi connectivity index (χ3v) is 3.10. The number of rotatable bonds is 3. The maximum atomic E-state index is 4.45. The van der Waals surface area contributed by atoms with E-state index in [0.717, 1.165) is 12.8 Å². The van der Waals surface area contributed by atoms with Crippen LogP contribution in [-0.2, 0) is 18.3 Å². The molecule has 0 bridgehead atoms. The normalized spacial score (nSPS) is 11.5. The van der Waals surface area contributed by atoms with Gasteiger partial charge < -0.3 is 0 Å². The van der Waals surface area contributed by atoms with Crippen molar-refractivity contribution in [3.8, 4) is 0 Å². The van der Waals surface area contributed by atoms with Gasteiger partial charge in [0.15, 0.2) is 0 Å². The van der Waals surface area contributed by atoms with Gasteiger partial charge in [0.25, 0.3) is 0 Å². The van der Waals surface area contributed by atoms with Crippen LogP contribution in [0.3, 0.4) is 0 Å². The summed E-state index contributed by atoms with van der Waals surface area (Å²) in [6.45, 7) is 6.69. The molecule has 0 aliphatic heterocycles. The van der Waals surface area contributed by atoms with Gasteiger partial charge in [0, 0.05) is 24.3 Å². The van der Waals surface area contributed by atoms with Crippen molar-refractivity contribution in [3.63, 3.8) is 0 Å². The van der Waals surface area contributed by atoms with E-state index >= 15 is 0 Å². The first kappa shape index (κ1) is 12.7. The molecule has 18 heavy (non-hydrogen) atoms. The summed E-state index contributed by atoms with van der Waals surface area (Å²) in [5.74, 6) is 0. The zero-order chi connectivity index (χ0) is 13.0. The Bertz CT molecular complexity index is 498. The largest absolute Gasteiger partial charge is 0.265 e. The van der Waals surface area contributed by atoms with Crippen LogP contribution in [0.2, 0.25) is 0 Å².